The molecule has 1 rings (SSSR count). The molecule has 0 fully saturated rings. The lowest BCUT2D eigenvalue weighted by molar-refractivity contribution is -0.136. The van der Waals surface area contributed by atoms with Crippen LogP contribution in [0.1, 0.15) is 18.9 Å². The summed E-state index contributed by atoms with van der Waals surface area (Å²) >= 11 is 5.83. The molecule has 0 aromatic heterocycles. The molecule has 0 saturated heterocycles. The number of rotatable bonds is 10. The third-order valence-corrected chi connectivity index (χ3v) is 5.53. The molecule has 4 nitrogen and oxygen atoms in total. The summed E-state index contributed by atoms with van der Waals surface area (Å²) in [5, 5.41) is 12.1. The van der Waals surface area contributed by atoms with E-state index in [1.54, 1.807) is 10.8 Å². The largest absolute Gasteiger partial charge is 0.481 e. The third kappa shape index (κ3) is 8.56. The average Bonchev–Trinajstić information content (AvgIpc) is 2.48. The van der Waals surface area contributed by atoms with Gasteiger partial charge in [-0.3, -0.25) is 9.59 Å². The van der Waals surface area contributed by atoms with E-state index in [9.17, 15) is 9.59 Å². The maximum atomic E-state index is 12.0. The molecule has 7 heteroatoms. The van der Waals surface area contributed by atoms with Crippen molar-refractivity contribution >= 4 is 45.1 Å². The van der Waals surface area contributed by atoms with Gasteiger partial charge in [0.25, 0.3) is 0 Å². The summed E-state index contributed by atoms with van der Waals surface area (Å²) < 4.78 is 0. The first kappa shape index (κ1) is 19.2. The summed E-state index contributed by atoms with van der Waals surface area (Å²) in [6.45, 7) is 2.49. The molecule has 1 aromatic rings. The number of carboxylic acid groups (broad SMARTS) is 1. The van der Waals surface area contributed by atoms with Crippen molar-refractivity contribution in [2.24, 2.45) is 5.92 Å². The number of halogens is 1. The van der Waals surface area contributed by atoms with Crippen molar-refractivity contribution in [3.8, 4) is 0 Å². The molecule has 0 heterocycles. The van der Waals surface area contributed by atoms with E-state index in [0.29, 0.717) is 23.7 Å². The molecule has 122 valence electrons. The smallest absolute Gasteiger partial charge is 0.304 e. The molecule has 0 radical (unpaired) electrons. The van der Waals surface area contributed by atoms with Crippen LogP contribution in [0.3, 0.4) is 0 Å². The quantitative estimate of drug-likeness (QED) is 0.493. The average molecular weight is 362 g/mol. The second-order valence-corrected chi connectivity index (χ2v) is 7.95. The van der Waals surface area contributed by atoms with Crippen LogP contribution >= 0.6 is 33.2 Å². The Labute approximate surface area is 143 Å². The number of carboxylic acids is 1. The van der Waals surface area contributed by atoms with E-state index in [-0.39, 0.29) is 18.2 Å². The Bertz CT molecular complexity index is 482. The van der Waals surface area contributed by atoms with Crippen LogP contribution in [-0.4, -0.2) is 35.0 Å². The van der Waals surface area contributed by atoms with Crippen LogP contribution in [0.5, 0.6) is 0 Å². The maximum Gasteiger partial charge on any atom is 0.304 e. The van der Waals surface area contributed by atoms with E-state index in [0.717, 1.165) is 11.3 Å². The standard InChI is InChI=1S/C15H20ClNO3S2/c1-11(10-12-2-4-13(16)5-3-12)15(20)17-7-9-22-21-8-6-14(18)19/h2-5,11H,6-10H2,1H3,(H,17,20)(H,18,19). The molecule has 0 aliphatic rings. The van der Waals surface area contributed by atoms with Gasteiger partial charge in [-0.1, -0.05) is 52.2 Å². The summed E-state index contributed by atoms with van der Waals surface area (Å²) in [7, 11) is 3.10. The maximum absolute atomic E-state index is 12.0. The van der Waals surface area contributed by atoms with Crippen molar-refractivity contribution in [3.63, 3.8) is 0 Å². The molecule has 22 heavy (non-hydrogen) atoms. The Morgan fingerprint density at radius 3 is 2.50 bits per heavy atom. The first-order valence-electron chi connectivity index (χ1n) is 6.97. The van der Waals surface area contributed by atoms with Crippen molar-refractivity contribution < 1.29 is 14.7 Å². The minimum absolute atomic E-state index is 0.0334. The van der Waals surface area contributed by atoms with Crippen molar-refractivity contribution in [1.82, 2.24) is 5.32 Å². The Morgan fingerprint density at radius 2 is 1.86 bits per heavy atom. The number of benzene rings is 1. The van der Waals surface area contributed by atoms with Crippen molar-refractivity contribution in [1.29, 1.82) is 0 Å². The molecular weight excluding hydrogens is 342 g/mol. The first-order valence-corrected chi connectivity index (χ1v) is 9.84. The predicted octanol–water partition coefficient (Wildman–Crippen LogP) is 3.49. The van der Waals surface area contributed by atoms with Gasteiger partial charge in [0.1, 0.15) is 0 Å². The van der Waals surface area contributed by atoms with Crippen LogP contribution in [0.2, 0.25) is 5.02 Å². The number of nitrogens with one attached hydrogen (secondary N) is 1. The number of carbonyl (C=O) groups excluding carboxylic acids is 1. The Balaban J connectivity index is 2.13. The van der Waals surface area contributed by atoms with Crippen molar-refractivity contribution in [2.75, 3.05) is 18.1 Å². The zero-order valence-corrected chi connectivity index (χ0v) is 14.8. The SMILES string of the molecule is CC(Cc1ccc(Cl)cc1)C(=O)NCCSSCCC(=O)O. The number of hydrogen-bond donors (Lipinski definition) is 2. The molecule has 1 unspecified atom stereocenters. The molecule has 0 bridgehead atoms. The van der Waals surface area contributed by atoms with Gasteiger partial charge in [0, 0.05) is 29.0 Å². The number of aliphatic carboxylic acids is 1. The molecular formula is C15H20ClNO3S2. The minimum Gasteiger partial charge on any atom is -0.481 e. The zero-order valence-electron chi connectivity index (χ0n) is 12.4. The van der Waals surface area contributed by atoms with E-state index in [2.05, 4.69) is 5.32 Å². The van der Waals surface area contributed by atoms with E-state index >= 15 is 0 Å². The van der Waals surface area contributed by atoms with E-state index in [4.69, 9.17) is 16.7 Å². The Kier molecular flexibility index (Phi) is 9.43. The molecule has 0 spiro atoms. The second kappa shape index (κ2) is 10.8. The molecule has 0 aliphatic carbocycles. The van der Waals surface area contributed by atoms with Crippen LogP contribution in [-0.2, 0) is 16.0 Å². The summed E-state index contributed by atoms with van der Waals surface area (Å²) in [6.07, 6.45) is 0.853. The van der Waals surface area contributed by atoms with Crippen LogP contribution < -0.4 is 5.32 Å². The Morgan fingerprint density at radius 1 is 1.23 bits per heavy atom. The fourth-order valence-corrected chi connectivity index (χ4v) is 3.72. The summed E-state index contributed by atoms with van der Waals surface area (Å²) in [5.41, 5.74) is 1.09. The van der Waals surface area contributed by atoms with Gasteiger partial charge in [0.2, 0.25) is 5.91 Å². The monoisotopic (exact) mass is 361 g/mol. The Hall–Kier alpha value is -0.850. The molecule has 1 aromatic carbocycles. The van der Waals surface area contributed by atoms with Gasteiger partial charge < -0.3 is 10.4 Å². The molecule has 1 atom stereocenters. The van der Waals surface area contributed by atoms with Crippen LogP contribution in [0, 0.1) is 5.92 Å². The van der Waals surface area contributed by atoms with Crippen molar-refractivity contribution in [3.05, 3.63) is 34.9 Å². The van der Waals surface area contributed by atoms with Crippen LogP contribution in [0.25, 0.3) is 0 Å². The summed E-state index contributed by atoms with van der Waals surface area (Å²) in [6, 6.07) is 7.51. The molecule has 1 amide bonds. The second-order valence-electron chi connectivity index (χ2n) is 4.81. The molecule has 0 aliphatic heterocycles. The van der Waals surface area contributed by atoms with E-state index in [1.807, 2.05) is 31.2 Å². The van der Waals surface area contributed by atoms with Gasteiger partial charge in [-0.2, -0.15) is 0 Å². The molecule has 2 N–H and O–H groups in total. The topological polar surface area (TPSA) is 66.4 Å². The summed E-state index contributed by atoms with van der Waals surface area (Å²) in [4.78, 5) is 22.3. The van der Waals surface area contributed by atoms with Gasteiger partial charge in [-0.15, -0.1) is 0 Å². The third-order valence-electron chi connectivity index (χ3n) is 2.87. The number of carbonyl (C=O) groups is 2. The highest BCUT2D eigenvalue weighted by atomic mass is 35.5. The normalized spacial score (nSPS) is 11.9. The van der Waals surface area contributed by atoms with Crippen LogP contribution in [0.15, 0.2) is 24.3 Å². The fourth-order valence-electron chi connectivity index (χ4n) is 1.70. The van der Waals surface area contributed by atoms with Gasteiger partial charge >= 0.3 is 5.97 Å². The van der Waals surface area contributed by atoms with Gasteiger partial charge in [0.05, 0.1) is 6.42 Å². The lowest BCUT2D eigenvalue weighted by Gasteiger charge is -2.12. The van der Waals surface area contributed by atoms with Gasteiger partial charge in [-0.25, -0.2) is 0 Å². The highest BCUT2D eigenvalue weighted by molar-refractivity contribution is 8.76. The zero-order chi connectivity index (χ0) is 16.4. The number of hydrogen-bond acceptors (Lipinski definition) is 4. The van der Waals surface area contributed by atoms with Crippen molar-refractivity contribution in [2.45, 2.75) is 19.8 Å². The minimum atomic E-state index is -0.780. The first-order chi connectivity index (χ1) is 10.5. The predicted molar refractivity (Wildman–Crippen MR) is 94.5 cm³/mol. The van der Waals surface area contributed by atoms with Gasteiger partial charge in [-0.05, 0) is 24.1 Å². The van der Waals surface area contributed by atoms with E-state index < -0.39 is 5.97 Å². The summed E-state index contributed by atoms with van der Waals surface area (Å²) in [5.74, 6) is 0.513. The van der Waals surface area contributed by atoms with E-state index in [1.165, 1.54) is 10.8 Å². The number of amides is 1. The highest BCUT2D eigenvalue weighted by Gasteiger charge is 2.12. The fraction of sp³-hybridized carbons (Fsp3) is 0.467. The lowest BCUT2D eigenvalue weighted by atomic mass is 10.0. The van der Waals surface area contributed by atoms with Gasteiger partial charge in [0.15, 0.2) is 0 Å². The van der Waals surface area contributed by atoms with Crippen LogP contribution in [0.4, 0.5) is 0 Å². The highest BCUT2D eigenvalue weighted by Crippen LogP contribution is 2.21. The molecule has 0 saturated carbocycles. The lowest BCUT2D eigenvalue weighted by Crippen LogP contribution is -2.31.